The van der Waals surface area contributed by atoms with Gasteiger partial charge in [0.15, 0.2) is 5.78 Å². The lowest BCUT2D eigenvalue weighted by Crippen LogP contribution is -2.47. The van der Waals surface area contributed by atoms with Crippen LogP contribution >= 0.6 is 23.5 Å². The first-order chi connectivity index (χ1) is 14.3. The Morgan fingerprint density at radius 1 is 1.10 bits per heavy atom. The Morgan fingerprint density at radius 3 is 2.37 bits per heavy atom. The van der Waals surface area contributed by atoms with Crippen molar-refractivity contribution in [2.24, 2.45) is 9.81 Å². The summed E-state index contributed by atoms with van der Waals surface area (Å²) in [5.41, 5.74) is 1.07. The summed E-state index contributed by atoms with van der Waals surface area (Å²) in [7, 11) is 0. The molecule has 152 valence electrons. The zero-order valence-electron chi connectivity index (χ0n) is 16.8. The van der Waals surface area contributed by atoms with E-state index in [9.17, 15) is 10.1 Å². The third-order valence-electron chi connectivity index (χ3n) is 5.37. The molecule has 0 spiro atoms. The number of carbonyl (C=O) groups excluding carboxylic acids is 1. The number of hydrogen-bond acceptors (Lipinski definition) is 5. The van der Waals surface area contributed by atoms with Gasteiger partial charge in [-0.05, 0) is 23.1 Å². The zero-order chi connectivity index (χ0) is 21.4. The van der Waals surface area contributed by atoms with Crippen molar-refractivity contribution in [2.75, 3.05) is 0 Å². The van der Waals surface area contributed by atoms with Crippen LogP contribution in [0.3, 0.4) is 0 Å². The summed E-state index contributed by atoms with van der Waals surface area (Å²) in [6, 6.07) is 21.2. The van der Waals surface area contributed by atoms with Gasteiger partial charge in [-0.1, -0.05) is 74.0 Å². The second kappa shape index (κ2) is 7.94. The predicted molar refractivity (Wildman–Crippen MR) is 119 cm³/mol. The molecule has 0 saturated heterocycles. The van der Waals surface area contributed by atoms with Crippen LogP contribution < -0.4 is 0 Å². The van der Waals surface area contributed by atoms with Crippen LogP contribution in [0, 0.1) is 16.7 Å². The lowest BCUT2D eigenvalue weighted by molar-refractivity contribution is -0.119. The average molecular weight is 437 g/mol. The highest BCUT2D eigenvalue weighted by Crippen LogP contribution is 2.52. The summed E-state index contributed by atoms with van der Waals surface area (Å²) in [6.07, 6.45) is 0.979. The number of nitriles is 1. The lowest BCUT2D eigenvalue weighted by atomic mass is 9.68. The average Bonchev–Trinajstić information content (AvgIpc) is 2.73. The van der Waals surface area contributed by atoms with Crippen LogP contribution in [0.1, 0.15) is 38.2 Å². The molecule has 0 aromatic heterocycles. The summed E-state index contributed by atoms with van der Waals surface area (Å²) < 4.78 is 10.6. The summed E-state index contributed by atoms with van der Waals surface area (Å²) in [4.78, 5) is 12.5. The van der Waals surface area contributed by atoms with E-state index in [4.69, 9.17) is 16.3 Å². The molecule has 2 atom stereocenters. The van der Waals surface area contributed by atoms with E-state index < -0.39 is 10.8 Å². The van der Waals surface area contributed by atoms with Crippen LogP contribution in [0.5, 0.6) is 0 Å². The monoisotopic (exact) mass is 436 g/mol. The van der Waals surface area contributed by atoms with Crippen LogP contribution in [-0.4, -0.2) is 16.6 Å². The molecule has 4 nitrogen and oxygen atoms in total. The summed E-state index contributed by atoms with van der Waals surface area (Å²) in [6.45, 7) is 4.08. The fraction of sp³-hybridized carbons (Fsp3) is 0.292. The second-order valence-corrected chi connectivity index (χ2v) is 9.78. The van der Waals surface area contributed by atoms with E-state index >= 15 is 0 Å². The van der Waals surface area contributed by atoms with E-state index in [1.165, 1.54) is 11.9 Å². The third kappa shape index (κ3) is 3.78. The number of alkyl halides is 1. The molecule has 0 fully saturated rings. The highest BCUT2D eigenvalue weighted by Gasteiger charge is 2.55. The second-order valence-electron chi connectivity index (χ2n) is 8.35. The van der Waals surface area contributed by atoms with Crippen LogP contribution in [-0.2, 0) is 9.53 Å². The van der Waals surface area contributed by atoms with E-state index in [1.807, 2.05) is 74.5 Å². The van der Waals surface area contributed by atoms with E-state index in [1.54, 1.807) is 0 Å². The van der Waals surface area contributed by atoms with Gasteiger partial charge in [-0.3, -0.25) is 4.79 Å². The summed E-state index contributed by atoms with van der Waals surface area (Å²) in [5, 5.41) is 10.1. The highest BCUT2D eigenvalue weighted by atomic mass is 35.5. The van der Waals surface area contributed by atoms with Gasteiger partial charge in [0.25, 0.3) is 0 Å². The van der Waals surface area contributed by atoms with Crippen molar-refractivity contribution < 1.29 is 9.53 Å². The Morgan fingerprint density at radius 2 is 1.73 bits per heavy atom. The van der Waals surface area contributed by atoms with Gasteiger partial charge >= 0.3 is 0 Å². The standard InChI is InChI=1S/C24H21ClN2O2S/c1-23(2)13-18(28)20-19(14-23)29-22(27-30-17-11-7-4-8-12-17)24(25,15-26)21(20)16-9-5-3-6-10-16/h3-12,21H,13-14H2,1-2H3/b27-22-. The summed E-state index contributed by atoms with van der Waals surface area (Å²) >= 11 is 8.13. The first-order valence-electron chi connectivity index (χ1n) is 9.74. The fourth-order valence-corrected chi connectivity index (χ4v) is 5.03. The minimum absolute atomic E-state index is 0.0230. The van der Waals surface area contributed by atoms with Crippen molar-refractivity contribution in [2.45, 2.75) is 42.4 Å². The Hall–Kier alpha value is -2.55. The molecule has 2 aromatic rings. The maximum atomic E-state index is 13.2. The molecule has 1 aliphatic heterocycles. The van der Waals surface area contributed by atoms with Crippen molar-refractivity contribution in [3.63, 3.8) is 0 Å². The Balaban J connectivity index is 1.86. The van der Waals surface area contributed by atoms with Crippen molar-refractivity contribution in [3.8, 4) is 6.07 Å². The maximum absolute atomic E-state index is 13.2. The van der Waals surface area contributed by atoms with Crippen LogP contribution in [0.15, 0.2) is 81.3 Å². The largest absolute Gasteiger partial charge is 0.443 e. The number of allylic oxidation sites excluding steroid dienone is 2. The minimum Gasteiger partial charge on any atom is -0.443 e. The number of Topliss-reactive ketones (excluding diaryl/α,β-unsaturated/α-hetero) is 1. The van der Waals surface area contributed by atoms with Gasteiger partial charge in [-0.2, -0.15) is 9.66 Å². The molecule has 0 saturated carbocycles. The molecular formula is C24H21ClN2O2S. The minimum atomic E-state index is -1.61. The molecule has 0 bridgehead atoms. The van der Waals surface area contributed by atoms with Gasteiger partial charge in [0.2, 0.25) is 10.8 Å². The van der Waals surface area contributed by atoms with Gasteiger partial charge in [0.1, 0.15) is 5.76 Å². The number of nitrogens with zero attached hydrogens (tertiary/aromatic N) is 2. The molecule has 0 radical (unpaired) electrons. The maximum Gasteiger partial charge on any atom is 0.238 e. The van der Waals surface area contributed by atoms with Crippen molar-refractivity contribution >= 4 is 35.2 Å². The normalized spacial score (nSPS) is 26.7. The predicted octanol–water partition coefficient (Wildman–Crippen LogP) is 6.05. The van der Waals surface area contributed by atoms with Crippen molar-refractivity contribution in [1.29, 1.82) is 5.26 Å². The first-order valence-corrected chi connectivity index (χ1v) is 10.9. The highest BCUT2D eigenvalue weighted by molar-refractivity contribution is 7.98. The number of rotatable bonds is 3. The first kappa shape index (κ1) is 20.7. The molecule has 2 aliphatic rings. The SMILES string of the molecule is CC1(C)CC(=O)C2=C(C1)O/C(=N\Sc1ccccc1)C(Cl)(C#N)C2c1ccccc1. The zero-order valence-corrected chi connectivity index (χ0v) is 18.3. The van der Waals surface area contributed by atoms with Crippen LogP contribution in [0.4, 0.5) is 0 Å². The Bertz CT molecular complexity index is 1070. The summed E-state index contributed by atoms with van der Waals surface area (Å²) in [5.74, 6) is 0.0284. The Labute approximate surface area is 185 Å². The van der Waals surface area contributed by atoms with E-state index in [-0.39, 0.29) is 17.1 Å². The smallest absolute Gasteiger partial charge is 0.238 e. The van der Waals surface area contributed by atoms with Gasteiger partial charge in [0, 0.05) is 35.3 Å². The molecule has 30 heavy (non-hydrogen) atoms. The van der Waals surface area contributed by atoms with Crippen LogP contribution in [0.2, 0.25) is 0 Å². The van der Waals surface area contributed by atoms with Gasteiger partial charge < -0.3 is 4.74 Å². The molecule has 6 heteroatoms. The molecule has 1 heterocycles. The van der Waals surface area contributed by atoms with Gasteiger partial charge in [0.05, 0.1) is 12.0 Å². The topological polar surface area (TPSA) is 62.4 Å². The molecule has 0 N–H and O–H groups in total. The lowest BCUT2D eigenvalue weighted by Gasteiger charge is -2.42. The van der Waals surface area contributed by atoms with Crippen molar-refractivity contribution in [3.05, 3.63) is 77.6 Å². The number of ether oxygens (including phenoxy) is 1. The number of hydrogen-bond donors (Lipinski definition) is 0. The fourth-order valence-electron chi connectivity index (χ4n) is 4.02. The quantitative estimate of drug-likeness (QED) is 0.434. The molecule has 1 aliphatic carbocycles. The van der Waals surface area contributed by atoms with E-state index in [0.717, 1.165) is 10.5 Å². The molecule has 2 aromatic carbocycles. The third-order valence-corrected chi connectivity index (χ3v) is 6.57. The number of benzene rings is 2. The van der Waals surface area contributed by atoms with E-state index in [0.29, 0.717) is 24.2 Å². The number of ketones is 1. The molecule has 0 amide bonds. The van der Waals surface area contributed by atoms with Crippen molar-refractivity contribution in [1.82, 2.24) is 0 Å². The number of halogens is 1. The van der Waals surface area contributed by atoms with Gasteiger partial charge in [-0.25, -0.2) is 0 Å². The van der Waals surface area contributed by atoms with E-state index in [2.05, 4.69) is 10.5 Å². The molecule has 4 rings (SSSR count). The Kier molecular flexibility index (Phi) is 5.48. The number of carbonyl (C=O) groups is 1. The molecule has 2 unspecified atom stereocenters. The molecular weight excluding hydrogens is 416 g/mol. The van der Waals surface area contributed by atoms with Gasteiger partial charge in [-0.15, -0.1) is 0 Å². The van der Waals surface area contributed by atoms with Crippen LogP contribution in [0.25, 0.3) is 0 Å².